The Hall–Kier alpha value is -0.340. The van der Waals surface area contributed by atoms with Crippen molar-refractivity contribution in [3.05, 3.63) is 29.0 Å². The Morgan fingerprint density at radius 1 is 1.53 bits per heavy atom. The van der Waals surface area contributed by atoms with Gasteiger partial charge in [0, 0.05) is 12.3 Å². The summed E-state index contributed by atoms with van der Waals surface area (Å²) in [6.07, 6.45) is 1.81. The zero-order valence-corrected chi connectivity index (χ0v) is 12.9. The van der Waals surface area contributed by atoms with Crippen molar-refractivity contribution in [3.63, 3.8) is 0 Å². The first kappa shape index (κ1) is 16.7. The lowest BCUT2D eigenvalue weighted by Crippen LogP contribution is -2.42. The van der Waals surface area contributed by atoms with Gasteiger partial charge in [-0.1, -0.05) is 11.6 Å². The summed E-state index contributed by atoms with van der Waals surface area (Å²) in [7, 11) is -3.88. The third-order valence-electron chi connectivity index (χ3n) is 2.28. The molecule has 1 aromatic rings. The molecule has 108 valence electrons. The fraction of sp³-hybridized carbons (Fsp3) is 0.455. The smallest absolute Gasteiger partial charge is 0.242 e. The average molecular weight is 328 g/mol. The van der Waals surface area contributed by atoms with Gasteiger partial charge in [0.1, 0.15) is 10.7 Å². The van der Waals surface area contributed by atoms with Crippen LogP contribution < -0.4 is 4.72 Å². The Kier molecular flexibility index (Phi) is 5.64. The first-order valence-electron chi connectivity index (χ1n) is 5.34. The molecule has 0 saturated heterocycles. The molecule has 0 aliphatic carbocycles. The van der Waals surface area contributed by atoms with Gasteiger partial charge >= 0.3 is 0 Å². The molecule has 0 saturated carbocycles. The van der Waals surface area contributed by atoms with Crippen LogP contribution in [0.1, 0.15) is 6.92 Å². The molecule has 2 N–H and O–H groups in total. The minimum absolute atomic E-state index is 0.149. The van der Waals surface area contributed by atoms with Crippen LogP contribution in [-0.4, -0.2) is 37.7 Å². The van der Waals surface area contributed by atoms with E-state index in [1.807, 2.05) is 0 Å². The maximum Gasteiger partial charge on any atom is 0.242 e. The highest BCUT2D eigenvalue weighted by atomic mass is 35.5. The molecule has 0 aromatic heterocycles. The number of rotatable bonds is 6. The largest absolute Gasteiger partial charge is 0.388 e. The molecule has 19 heavy (non-hydrogen) atoms. The summed E-state index contributed by atoms with van der Waals surface area (Å²) >= 11 is 7.10. The lowest BCUT2D eigenvalue weighted by Gasteiger charge is -2.22. The van der Waals surface area contributed by atoms with Crippen LogP contribution in [0.4, 0.5) is 4.39 Å². The first-order chi connectivity index (χ1) is 8.68. The summed E-state index contributed by atoms with van der Waals surface area (Å²) < 4.78 is 39.1. The van der Waals surface area contributed by atoms with Crippen molar-refractivity contribution in [2.75, 3.05) is 18.6 Å². The summed E-state index contributed by atoms with van der Waals surface area (Å²) in [5.74, 6) is -0.231. The molecule has 0 amide bonds. The van der Waals surface area contributed by atoms with Gasteiger partial charge in [-0.2, -0.15) is 11.8 Å². The van der Waals surface area contributed by atoms with Crippen molar-refractivity contribution in [1.82, 2.24) is 4.72 Å². The summed E-state index contributed by atoms with van der Waals surface area (Å²) in [6, 6.07) is 3.03. The second-order valence-corrected chi connectivity index (χ2v) is 7.34. The predicted octanol–water partition coefficient (Wildman–Crippen LogP) is 1.87. The molecule has 1 rings (SSSR count). The van der Waals surface area contributed by atoms with E-state index in [0.29, 0.717) is 5.75 Å². The van der Waals surface area contributed by atoms with E-state index >= 15 is 0 Å². The van der Waals surface area contributed by atoms with Gasteiger partial charge in [0.05, 0.1) is 10.6 Å². The van der Waals surface area contributed by atoms with Crippen LogP contribution in [0, 0.1) is 5.82 Å². The second kappa shape index (κ2) is 6.41. The molecule has 0 fully saturated rings. The van der Waals surface area contributed by atoms with E-state index in [1.165, 1.54) is 18.7 Å². The Labute approximate surface area is 121 Å². The molecule has 1 aromatic carbocycles. The Balaban J connectivity index is 2.87. The number of sulfonamides is 1. The van der Waals surface area contributed by atoms with Gasteiger partial charge in [0.15, 0.2) is 0 Å². The molecule has 1 atom stereocenters. The lowest BCUT2D eigenvalue weighted by atomic mass is 10.1. The second-order valence-electron chi connectivity index (χ2n) is 4.33. The SMILES string of the molecule is CSC[C@](C)(O)CNS(=O)(=O)c1ccc(F)cc1Cl. The Bertz CT molecular complexity index is 549. The molecule has 0 aliphatic heterocycles. The highest BCUT2D eigenvalue weighted by molar-refractivity contribution is 7.98. The van der Waals surface area contributed by atoms with Crippen LogP contribution in [0.5, 0.6) is 0 Å². The van der Waals surface area contributed by atoms with Crippen molar-refractivity contribution < 1.29 is 17.9 Å². The van der Waals surface area contributed by atoms with E-state index in [1.54, 1.807) is 6.26 Å². The van der Waals surface area contributed by atoms with E-state index in [9.17, 15) is 17.9 Å². The topological polar surface area (TPSA) is 66.4 Å². The monoisotopic (exact) mass is 327 g/mol. The van der Waals surface area contributed by atoms with E-state index < -0.39 is 21.4 Å². The minimum Gasteiger partial charge on any atom is -0.388 e. The maximum atomic E-state index is 12.9. The molecule has 0 bridgehead atoms. The first-order valence-corrected chi connectivity index (χ1v) is 8.59. The Morgan fingerprint density at radius 3 is 2.68 bits per heavy atom. The fourth-order valence-electron chi connectivity index (χ4n) is 1.38. The van der Waals surface area contributed by atoms with Gasteiger partial charge in [0.25, 0.3) is 0 Å². The predicted molar refractivity (Wildman–Crippen MR) is 75.6 cm³/mol. The zero-order valence-electron chi connectivity index (χ0n) is 10.5. The Morgan fingerprint density at radius 2 is 2.16 bits per heavy atom. The number of benzene rings is 1. The number of thioether (sulfide) groups is 1. The van der Waals surface area contributed by atoms with Crippen LogP contribution in [0.25, 0.3) is 0 Å². The van der Waals surface area contributed by atoms with Crippen LogP contribution in [0.2, 0.25) is 5.02 Å². The van der Waals surface area contributed by atoms with Crippen molar-refractivity contribution in [2.45, 2.75) is 17.4 Å². The highest BCUT2D eigenvalue weighted by Gasteiger charge is 2.25. The number of hydrogen-bond acceptors (Lipinski definition) is 4. The van der Waals surface area contributed by atoms with Gasteiger partial charge in [-0.25, -0.2) is 17.5 Å². The highest BCUT2D eigenvalue weighted by Crippen LogP contribution is 2.22. The summed E-state index contributed by atoms with van der Waals surface area (Å²) in [4.78, 5) is -0.212. The molecule has 0 aliphatic rings. The number of aliphatic hydroxyl groups is 1. The van der Waals surface area contributed by atoms with Crippen molar-refractivity contribution >= 4 is 33.4 Å². The molecule has 0 radical (unpaired) electrons. The van der Waals surface area contributed by atoms with Gasteiger partial charge in [-0.05, 0) is 31.4 Å². The van der Waals surface area contributed by atoms with Gasteiger partial charge < -0.3 is 5.11 Å². The third-order valence-corrected chi connectivity index (χ3v) is 5.08. The molecule has 0 heterocycles. The van der Waals surface area contributed by atoms with Crippen LogP contribution >= 0.6 is 23.4 Å². The quantitative estimate of drug-likeness (QED) is 0.837. The third kappa shape index (κ3) is 4.92. The van der Waals surface area contributed by atoms with Crippen molar-refractivity contribution in [2.24, 2.45) is 0 Å². The zero-order chi connectivity index (χ0) is 14.7. The van der Waals surface area contributed by atoms with Crippen molar-refractivity contribution in [3.8, 4) is 0 Å². The average Bonchev–Trinajstić information content (AvgIpc) is 2.26. The van der Waals surface area contributed by atoms with E-state index in [-0.39, 0.29) is 16.5 Å². The molecule has 0 spiro atoms. The number of hydrogen-bond donors (Lipinski definition) is 2. The lowest BCUT2D eigenvalue weighted by molar-refractivity contribution is 0.0908. The van der Waals surface area contributed by atoms with Crippen LogP contribution in [0.3, 0.4) is 0 Å². The van der Waals surface area contributed by atoms with E-state index in [0.717, 1.165) is 18.2 Å². The van der Waals surface area contributed by atoms with Gasteiger partial charge in [-0.3, -0.25) is 0 Å². The minimum atomic E-state index is -3.88. The molecule has 8 heteroatoms. The van der Waals surface area contributed by atoms with E-state index in [2.05, 4.69) is 4.72 Å². The molecule has 4 nitrogen and oxygen atoms in total. The molecule has 0 unspecified atom stereocenters. The van der Waals surface area contributed by atoms with Crippen LogP contribution in [-0.2, 0) is 10.0 Å². The molecular formula is C11H15ClFNO3S2. The van der Waals surface area contributed by atoms with Gasteiger partial charge in [0.2, 0.25) is 10.0 Å². The summed E-state index contributed by atoms with van der Waals surface area (Å²) in [5.41, 5.74) is -1.17. The van der Waals surface area contributed by atoms with Gasteiger partial charge in [-0.15, -0.1) is 0 Å². The summed E-state index contributed by atoms with van der Waals surface area (Å²) in [6.45, 7) is 1.38. The number of nitrogens with one attached hydrogen (secondary N) is 1. The molecular weight excluding hydrogens is 313 g/mol. The van der Waals surface area contributed by atoms with Crippen LogP contribution in [0.15, 0.2) is 23.1 Å². The standard InChI is InChI=1S/C11H15ClFNO3S2/c1-11(15,7-18-2)6-14-19(16,17)10-4-3-8(13)5-9(10)12/h3-5,14-15H,6-7H2,1-2H3/t11-/m1/s1. The van der Waals surface area contributed by atoms with Crippen molar-refractivity contribution in [1.29, 1.82) is 0 Å². The maximum absolute atomic E-state index is 12.9. The number of halogens is 2. The van der Waals surface area contributed by atoms with E-state index in [4.69, 9.17) is 11.6 Å². The fourth-order valence-corrected chi connectivity index (χ4v) is 3.80. The normalized spacial score (nSPS) is 15.2. The summed E-state index contributed by atoms with van der Waals surface area (Å²) in [5, 5.41) is 9.70.